The van der Waals surface area contributed by atoms with E-state index < -0.39 is 0 Å². The van der Waals surface area contributed by atoms with Crippen LogP contribution in [0.1, 0.15) is 49.8 Å². The first-order valence-corrected chi connectivity index (χ1v) is 8.14. The van der Waals surface area contributed by atoms with Crippen LogP contribution in [0.25, 0.3) is 16.3 Å². The fourth-order valence-corrected chi connectivity index (χ4v) is 3.68. The van der Waals surface area contributed by atoms with Crippen molar-refractivity contribution in [3.8, 4) is 0 Å². The first-order chi connectivity index (χ1) is 10.8. The van der Waals surface area contributed by atoms with E-state index in [9.17, 15) is 10.0 Å². The van der Waals surface area contributed by atoms with Crippen molar-refractivity contribution < 1.29 is 14.7 Å². The second kappa shape index (κ2) is 5.91. The van der Waals surface area contributed by atoms with Crippen molar-refractivity contribution in [2.75, 3.05) is 0 Å². The summed E-state index contributed by atoms with van der Waals surface area (Å²) in [6.07, 6.45) is 9.51. The van der Waals surface area contributed by atoms with E-state index in [0.29, 0.717) is 0 Å². The summed E-state index contributed by atoms with van der Waals surface area (Å²) < 4.78 is 1.15. The van der Waals surface area contributed by atoms with Gasteiger partial charge in [0.2, 0.25) is 12.4 Å². The van der Waals surface area contributed by atoms with Crippen LogP contribution in [0.3, 0.4) is 0 Å². The highest BCUT2D eigenvalue weighted by Gasteiger charge is 2.22. The van der Waals surface area contributed by atoms with E-state index in [1.165, 1.54) is 22.1 Å². The number of carbonyl (C=O) groups excluding carboxylic acids is 1. The average molecular weight is 296 g/mol. The number of carbonyl (C=O) groups is 1. The Morgan fingerprint density at radius 3 is 2.59 bits per heavy atom. The molecule has 0 radical (unpaired) electrons. The summed E-state index contributed by atoms with van der Waals surface area (Å²) in [7, 11) is 0. The van der Waals surface area contributed by atoms with Crippen LogP contribution in [0, 0.1) is 0 Å². The highest BCUT2D eigenvalue weighted by molar-refractivity contribution is 5.95. The number of nitrogens with zero attached hydrogens (tertiary/aromatic N) is 1. The molecule has 0 saturated carbocycles. The number of benzene rings is 1. The average Bonchev–Trinajstić information content (AvgIpc) is 3.16. The minimum Gasteiger partial charge on any atom is -0.298 e. The van der Waals surface area contributed by atoms with Gasteiger partial charge in [0.05, 0.1) is 5.39 Å². The van der Waals surface area contributed by atoms with Crippen LogP contribution in [0.5, 0.6) is 0 Å². The van der Waals surface area contributed by atoms with Crippen molar-refractivity contribution in [3.63, 3.8) is 0 Å². The predicted molar refractivity (Wildman–Crippen MR) is 86.9 cm³/mol. The normalized spacial score (nSPS) is 15.9. The highest BCUT2D eigenvalue weighted by Crippen LogP contribution is 2.37. The number of aryl methyl sites for hydroxylation is 2. The third-order valence-corrected chi connectivity index (χ3v) is 4.55. The Bertz CT molecular complexity index is 775. The van der Waals surface area contributed by atoms with Gasteiger partial charge in [-0.25, -0.2) is 0 Å². The summed E-state index contributed by atoms with van der Waals surface area (Å²) >= 11 is 0. The molecular formula is C19H22NO2+. The summed E-state index contributed by atoms with van der Waals surface area (Å²) in [6, 6.07) is 4.36. The van der Waals surface area contributed by atoms with Crippen molar-refractivity contribution in [3.05, 3.63) is 46.8 Å². The maximum atomic E-state index is 11.2. The van der Waals surface area contributed by atoms with Gasteiger partial charge in [-0.3, -0.25) is 10.0 Å². The molecule has 0 spiro atoms. The SMILES string of the molecule is CC.O=CC1=C(c2cc3c4c(c[n+](O)cc4c2)CC3)CCC1. The van der Waals surface area contributed by atoms with Crippen molar-refractivity contribution in [1.29, 1.82) is 0 Å². The Labute approximate surface area is 130 Å². The third-order valence-electron chi connectivity index (χ3n) is 4.55. The number of pyridine rings is 1. The first kappa shape index (κ1) is 14.8. The number of aldehydes is 1. The zero-order chi connectivity index (χ0) is 15.7. The summed E-state index contributed by atoms with van der Waals surface area (Å²) in [5.41, 5.74) is 5.86. The van der Waals surface area contributed by atoms with Crippen molar-refractivity contribution >= 4 is 22.6 Å². The fourth-order valence-electron chi connectivity index (χ4n) is 3.68. The van der Waals surface area contributed by atoms with Gasteiger partial charge >= 0.3 is 0 Å². The highest BCUT2D eigenvalue weighted by atomic mass is 16.5. The van der Waals surface area contributed by atoms with Gasteiger partial charge in [0.15, 0.2) is 0 Å². The van der Waals surface area contributed by atoms with Crippen LogP contribution >= 0.6 is 0 Å². The zero-order valence-electron chi connectivity index (χ0n) is 13.2. The molecule has 1 N–H and O–H groups in total. The molecule has 0 unspecified atom stereocenters. The van der Waals surface area contributed by atoms with E-state index in [2.05, 4.69) is 12.1 Å². The lowest BCUT2D eigenvalue weighted by Crippen LogP contribution is -2.29. The van der Waals surface area contributed by atoms with E-state index in [-0.39, 0.29) is 0 Å². The number of aromatic nitrogens is 1. The molecular weight excluding hydrogens is 274 g/mol. The van der Waals surface area contributed by atoms with Crippen LogP contribution in [0.2, 0.25) is 0 Å². The smallest absolute Gasteiger partial charge is 0.230 e. The van der Waals surface area contributed by atoms with Gasteiger partial charge in [0, 0.05) is 15.7 Å². The van der Waals surface area contributed by atoms with Gasteiger partial charge in [0.1, 0.15) is 6.29 Å². The van der Waals surface area contributed by atoms with Crippen LogP contribution in [0.15, 0.2) is 30.1 Å². The lowest BCUT2D eigenvalue weighted by Gasteiger charge is -2.07. The number of hydrogen-bond donors (Lipinski definition) is 1. The Balaban J connectivity index is 0.000000693. The number of hydrogen-bond acceptors (Lipinski definition) is 2. The van der Waals surface area contributed by atoms with Gasteiger partial charge < -0.3 is 0 Å². The molecule has 2 aromatic rings. The molecule has 1 aromatic carbocycles. The molecule has 3 nitrogen and oxygen atoms in total. The van der Waals surface area contributed by atoms with Gasteiger partial charge in [-0.15, -0.1) is 0 Å². The van der Waals surface area contributed by atoms with Crippen LogP contribution in [-0.4, -0.2) is 11.5 Å². The van der Waals surface area contributed by atoms with Gasteiger partial charge in [-0.05, 0) is 60.4 Å². The third kappa shape index (κ3) is 2.31. The lowest BCUT2D eigenvalue weighted by atomic mass is 9.96. The molecule has 3 heteroatoms. The first-order valence-electron chi connectivity index (χ1n) is 8.14. The minimum absolute atomic E-state index is 0.895. The minimum atomic E-state index is 0.895. The van der Waals surface area contributed by atoms with Crippen molar-refractivity contribution in [1.82, 2.24) is 0 Å². The van der Waals surface area contributed by atoms with E-state index in [0.717, 1.165) is 59.6 Å². The van der Waals surface area contributed by atoms with Crippen LogP contribution in [-0.2, 0) is 17.6 Å². The Hall–Kier alpha value is -2.16. The maximum Gasteiger partial charge on any atom is 0.230 e. The van der Waals surface area contributed by atoms with E-state index >= 15 is 0 Å². The molecule has 1 heterocycles. The van der Waals surface area contributed by atoms with Crippen LogP contribution < -0.4 is 4.73 Å². The van der Waals surface area contributed by atoms with E-state index in [4.69, 9.17) is 0 Å². The second-order valence-corrected chi connectivity index (χ2v) is 5.74. The second-order valence-electron chi connectivity index (χ2n) is 5.74. The van der Waals surface area contributed by atoms with Gasteiger partial charge in [-0.1, -0.05) is 19.9 Å². The quantitative estimate of drug-likeness (QED) is 0.522. The van der Waals surface area contributed by atoms with Crippen molar-refractivity contribution in [2.24, 2.45) is 0 Å². The van der Waals surface area contributed by atoms with Gasteiger partial charge in [0.25, 0.3) is 0 Å². The number of allylic oxidation sites excluding steroid dienone is 2. The van der Waals surface area contributed by atoms with Gasteiger partial charge in [-0.2, -0.15) is 0 Å². The van der Waals surface area contributed by atoms with Crippen LogP contribution in [0.4, 0.5) is 0 Å². The molecule has 2 aliphatic rings. The van der Waals surface area contributed by atoms with E-state index in [1.54, 1.807) is 12.4 Å². The molecule has 114 valence electrons. The molecule has 0 atom stereocenters. The molecule has 4 rings (SSSR count). The molecule has 0 fully saturated rings. The Morgan fingerprint density at radius 2 is 1.82 bits per heavy atom. The van der Waals surface area contributed by atoms with Crippen molar-refractivity contribution in [2.45, 2.75) is 46.0 Å². The molecule has 0 aliphatic heterocycles. The molecule has 0 bridgehead atoms. The summed E-state index contributed by atoms with van der Waals surface area (Å²) in [5.74, 6) is 0. The summed E-state index contributed by atoms with van der Waals surface area (Å²) in [5, 5.41) is 12.1. The lowest BCUT2D eigenvalue weighted by molar-refractivity contribution is -0.904. The maximum absolute atomic E-state index is 11.2. The molecule has 1 aromatic heterocycles. The monoisotopic (exact) mass is 296 g/mol. The summed E-state index contributed by atoms with van der Waals surface area (Å²) in [4.78, 5) is 11.2. The molecule has 2 aliphatic carbocycles. The Morgan fingerprint density at radius 1 is 1.05 bits per heavy atom. The molecule has 0 saturated heterocycles. The van der Waals surface area contributed by atoms with E-state index in [1.807, 2.05) is 13.8 Å². The standard InChI is InChI=1S/C17H16NO2.C2H6/c19-10-13-2-1-3-16(13)14-6-11-4-5-12-8-18(20)9-15(7-14)17(11)12;1-2/h6-10,20H,1-5H2;1-2H3/q+1;. The topological polar surface area (TPSA) is 41.2 Å². The largest absolute Gasteiger partial charge is 0.298 e. The predicted octanol–water partition coefficient (Wildman–Crippen LogP) is 3.63. The molecule has 22 heavy (non-hydrogen) atoms. The molecule has 0 amide bonds. The number of rotatable bonds is 2. The summed E-state index contributed by atoms with van der Waals surface area (Å²) in [6.45, 7) is 4.00. The Kier molecular flexibility index (Phi) is 3.97. The fraction of sp³-hybridized carbons (Fsp3) is 0.368. The zero-order valence-corrected chi connectivity index (χ0v) is 13.2.